The quantitative estimate of drug-likeness (QED) is 0.399. The molecule has 2 atom stereocenters. The average Bonchev–Trinajstić information content (AvgIpc) is 2.70. The molecule has 34 heavy (non-hydrogen) atoms. The highest BCUT2D eigenvalue weighted by atomic mass is 35.5. The monoisotopic (exact) mass is 542 g/mol. The minimum atomic E-state index is -0.142. The molecule has 184 valence electrons. The van der Waals surface area contributed by atoms with Gasteiger partial charge < -0.3 is 10.6 Å². The van der Waals surface area contributed by atoms with Crippen molar-refractivity contribution >= 4 is 58.2 Å². The van der Waals surface area contributed by atoms with E-state index in [2.05, 4.69) is 31.4 Å². The standard InChI is InChI=1S/C26H30Cl4N2O2/c1-25(2)12-18(32-24(34)11-17-5-7-20(28)22(30)9-17)13-26(3,14-25)15-31-23(33)10-16-4-6-19(27)21(29)8-16/h4-9,18H,10-15H2,1-3H3,(H,31,33)(H,32,34)/t18-,26-/m0/s1. The van der Waals surface area contributed by atoms with Gasteiger partial charge in [-0.1, -0.05) is 79.3 Å². The zero-order valence-electron chi connectivity index (χ0n) is 19.6. The first-order chi connectivity index (χ1) is 15.8. The van der Waals surface area contributed by atoms with Crippen molar-refractivity contribution in [1.29, 1.82) is 0 Å². The summed E-state index contributed by atoms with van der Waals surface area (Å²) in [6.45, 7) is 7.13. The molecule has 0 bridgehead atoms. The van der Waals surface area contributed by atoms with Crippen molar-refractivity contribution in [2.45, 2.75) is 58.9 Å². The first-order valence-electron chi connectivity index (χ1n) is 11.3. The summed E-state index contributed by atoms with van der Waals surface area (Å²) in [6.07, 6.45) is 3.10. The molecular formula is C26H30Cl4N2O2. The predicted octanol–water partition coefficient (Wildman–Crippen LogP) is 6.90. The van der Waals surface area contributed by atoms with Crippen molar-refractivity contribution in [2.75, 3.05) is 6.54 Å². The predicted molar refractivity (Wildman–Crippen MR) is 141 cm³/mol. The van der Waals surface area contributed by atoms with Crippen LogP contribution in [0.25, 0.3) is 0 Å². The van der Waals surface area contributed by atoms with Crippen LogP contribution in [0.4, 0.5) is 0 Å². The molecule has 8 heteroatoms. The molecule has 0 aliphatic heterocycles. The Morgan fingerprint density at radius 2 is 1.35 bits per heavy atom. The number of carbonyl (C=O) groups excluding carboxylic acids is 2. The molecule has 1 fully saturated rings. The van der Waals surface area contributed by atoms with Crippen LogP contribution in [0.2, 0.25) is 20.1 Å². The van der Waals surface area contributed by atoms with Crippen LogP contribution in [-0.4, -0.2) is 24.4 Å². The summed E-state index contributed by atoms with van der Waals surface area (Å²) in [5.41, 5.74) is 1.52. The van der Waals surface area contributed by atoms with Gasteiger partial charge in [-0.2, -0.15) is 0 Å². The molecule has 0 aromatic heterocycles. The van der Waals surface area contributed by atoms with E-state index in [1.165, 1.54) is 0 Å². The maximum absolute atomic E-state index is 12.7. The van der Waals surface area contributed by atoms with E-state index in [-0.39, 0.29) is 41.5 Å². The van der Waals surface area contributed by atoms with Crippen LogP contribution in [0.5, 0.6) is 0 Å². The summed E-state index contributed by atoms with van der Waals surface area (Å²) in [7, 11) is 0. The van der Waals surface area contributed by atoms with Crippen molar-refractivity contribution in [3.05, 3.63) is 67.6 Å². The summed E-state index contributed by atoms with van der Waals surface area (Å²) in [5.74, 6) is -0.115. The number of halogens is 4. The molecule has 3 rings (SSSR count). The molecule has 2 aromatic rings. The molecular weight excluding hydrogens is 514 g/mol. The number of benzene rings is 2. The number of nitrogens with one attached hydrogen (secondary N) is 2. The van der Waals surface area contributed by atoms with Crippen molar-refractivity contribution in [1.82, 2.24) is 10.6 Å². The highest BCUT2D eigenvalue weighted by Gasteiger charge is 2.41. The Hall–Kier alpha value is -1.46. The van der Waals surface area contributed by atoms with Crippen LogP contribution in [0.3, 0.4) is 0 Å². The van der Waals surface area contributed by atoms with E-state index in [0.29, 0.717) is 26.6 Å². The van der Waals surface area contributed by atoms with Gasteiger partial charge in [-0.3, -0.25) is 9.59 Å². The molecule has 0 radical (unpaired) electrons. The van der Waals surface area contributed by atoms with E-state index in [1.807, 2.05) is 6.07 Å². The van der Waals surface area contributed by atoms with Crippen molar-refractivity contribution < 1.29 is 9.59 Å². The van der Waals surface area contributed by atoms with Gasteiger partial charge in [0.15, 0.2) is 0 Å². The third-order valence-electron chi connectivity index (χ3n) is 6.22. The summed E-state index contributed by atoms with van der Waals surface area (Å²) in [5, 5.41) is 8.09. The minimum absolute atomic E-state index is 0.0241. The number of hydrogen-bond donors (Lipinski definition) is 2. The lowest BCUT2D eigenvalue weighted by atomic mass is 9.62. The Balaban J connectivity index is 1.58. The smallest absolute Gasteiger partial charge is 0.224 e. The summed E-state index contributed by atoms with van der Waals surface area (Å²) in [4.78, 5) is 25.3. The number of amides is 2. The molecule has 1 aliphatic carbocycles. The summed E-state index contributed by atoms with van der Waals surface area (Å²) >= 11 is 24.1. The second kappa shape index (κ2) is 11.1. The maximum Gasteiger partial charge on any atom is 0.224 e. The second-order valence-electron chi connectivity index (χ2n) is 10.5. The fraction of sp³-hybridized carbons (Fsp3) is 0.462. The molecule has 1 aliphatic rings. The molecule has 2 aromatic carbocycles. The number of hydrogen-bond acceptors (Lipinski definition) is 2. The topological polar surface area (TPSA) is 58.2 Å². The summed E-state index contributed by atoms with van der Waals surface area (Å²) < 4.78 is 0. The molecule has 0 unspecified atom stereocenters. The van der Waals surface area contributed by atoms with Gasteiger partial charge in [-0.05, 0) is 65.5 Å². The van der Waals surface area contributed by atoms with Gasteiger partial charge in [-0.25, -0.2) is 0 Å². The van der Waals surface area contributed by atoms with E-state index in [0.717, 1.165) is 30.4 Å². The Labute approximate surface area is 221 Å². The Bertz CT molecular complexity index is 1070. The van der Waals surface area contributed by atoms with Crippen LogP contribution in [0.15, 0.2) is 36.4 Å². The fourth-order valence-corrected chi connectivity index (χ4v) is 5.83. The summed E-state index contributed by atoms with van der Waals surface area (Å²) in [6, 6.07) is 10.5. The fourth-order valence-electron chi connectivity index (χ4n) is 5.19. The lowest BCUT2D eigenvalue weighted by Gasteiger charge is -2.47. The van der Waals surface area contributed by atoms with Gasteiger partial charge >= 0.3 is 0 Å². The Morgan fingerprint density at radius 1 is 0.824 bits per heavy atom. The third kappa shape index (κ3) is 7.78. The van der Waals surface area contributed by atoms with E-state index in [1.54, 1.807) is 30.3 Å². The number of rotatable bonds is 7. The van der Waals surface area contributed by atoms with E-state index in [4.69, 9.17) is 46.4 Å². The highest BCUT2D eigenvalue weighted by Crippen LogP contribution is 2.45. The lowest BCUT2D eigenvalue weighted by molar-refractivity contribution is -0.123. The van der Waals surface area contributed by atoms with Crippen LogP contribution in [0.1, 0.15) is 51.2 Å². The van der Waals surface area contributed by atoms with E-state index in [9.17, 15) is 9.59 Å². The van der Waals surface area contributed by atoms with Gasteiger partial charge in [0.2, 0.25) is 11.8 Å². The van der Waals surface area contributed by atoms with E-state index >= 15 is 0 Å². The largest absolute Gasteiger partial charge is 0.355 e. The first kappa shape index (κ1) is 27.1. The Morgan fingerprint density at radius 3 is 1.88 bits per heavy atom. The average molecular weight is 544 g/mol. The van der Waals surface area contributed by atoms with Crippen LogP contribution in [-0.2, 0) is 22.4 Å². The molecule has 4 nitrogen and oxygen atoms in total. The molecule has 0 heterocycles. The minimum Gasteiger partial charge on any atom is -0.355 e. The van der Waals surface area contributed by atoms with E-state index < -0.39 is 0 Å². The van der Waals surface area contributed by atoms with Gasteiger partial charge in [-0.15, -0.1) is 0 Å². The first-order valence-corrected chi connectivity index (χ1v) is 12.8. The van der Waals surface area contributed by atoms with Crippen molar-refractivity contribution in [3.63, 3.8) is 0 Å². The van der Waals surface area contributed by atoms with Gasteiger partial charge in [0.1, 0.15) is 0 Å². The molecule has 0 spiro atoms. The molecule has 0 saturated heterocycles. The SMILES string of the molecule is CC1(C)C[C@H](NC(=O)Cc2ccc(Cl)c(Cl)c2)C[C@](C)(CNC(=O)Cc2ccc(Cl)c(Cl)c2)C1. The maximum atomic E-state index is 12.7. The van der Waals surface area contributed by atoms with Crippen LogP contribution < -0.4 is 10.6 Å². The van der Waals surface area contributed by atoms with Crippen LogP contribution >= 0.6 is 46.4 Å². The van der Waals surface area contributed by atoms with Gasteiger partial charge in [0.05, 0.1) is 32.9 Å². The third-order valence-corrected chi connectivity index (χ3v) is 7.70. The zero-order chi connectivity index (χ0) is 25.1. The van der Waals surface area contributed by atoms with Crippen molar-refractivity contribution in [3.8, 4) is 0 Å². The van der Waals surface area contributed by atoms with Crippen molar-refractivity contribution in [2.24, 2.45) is 10.8 Å². The zero-order valence-corrected chi connectivity index (χ0v) is 22.6. The van der Waals surface area contributed by atoms with Crippen LogP contribution in [0, 0.1) is 10.8 Å². The lowest BCUT2D eigenvalue weighted by Crippen LogP contribution is -2.50. The second-order valence-corrected chi connectivity index (χ2v) is 12.1. The molecule has 2 amide bonds. The number of carbonyl (C=O) groups is 2. The van der Waals surface area contributed by atoms with Gasteiger partial charge in [0, 0.05) is 12.6 Å². The normalized spacial score (nSPS) is 21.7. The Kier molecular flexibility index (Phi) is 8.84. The van der Waals surface area contributed by atoms with Gasteiger partial charge in [0.25, 0.3) is 0 Å². The molecule has 2 N–H and O–H groups in total. The molecule has 1 saturated carbocycles. The highest BCUT2D eigenvalue weighted by molar-refractivity contribution is 6.42.